The normalized spacial score (nSPS) is 30.1. The lowest BCUT2D eigenvalue weighted by Gasteiger charge is -2.35. The number of aliphatic hydroxyl groups excluding tert-OH is 1. The van der Waals surface area contributed by atoms with E-state index >= 15 is 0 Å². The SMILES string of the molecule is CC1Oc2c3c(c4c(-c5ccccc5)cc(=O)oc4c2C(O)C1C)OC1C3C1(C)C. The van der Waals surface area contributed by atoms with Crippen molar-refractivity contribution in [2.24, 2.45) is 11.3 Å². The van der Waals surface area contributed by atoms with Crippen LogP contribution in [0.1, 0.15) is 50.8 Å². The Morgan fingerprint density at radius 2 is 1.73 bits per heavy atom. The first-order valence-electron chi connectivity index (χ1n) is 10.5. The summed E-state index contributed by atoms with van der Waals surface area (Å²) in [5, 5.41) is 12.0. The Morgan fingerprint density at radius 1 is 1.00 bits per heavy atom. The average Bonchev–Trinajstić information content (AvgIpc) is 3.06. The van der Waals surface area contributed by atoms with E-state index in [1.54, 1.807) is 0 Å². The minimum atomic E-state index is -0.786. The molecule has 0 spiro atoms. The maximum atomic E-state index is 12.6. The second kappa shape index (κ2) is 5.67. The topological polar surface area (TPSA) is 68.9 Å². The zero-order valence-electron chi connectivity index (χ0n) is 17.4. The van der Waals surface area contributed by atoms with Crippen LogP contribution < -0.4 is 15.1 Å². The standard InChI is InChI=1S/C25H24O5/c1-11-12(2)28-23-17-19-24(25(19,3)4)30-21(17)16-14(13-8-6-5-7-9-13)10-15(26)29-22(16)18(23)20(11)27/h5-12,19-20,24,27H,1-4H3. The summed E-state index contributed by atoms with van der Waals surface area (Å²) >= 11 is 0. The molecule has 30 heavy (non-hydrogen) atoms. The van der Waals surface area contributed by atoms with Gasteiger partial charge < -0.3 is 19.0 Å². The third kappa shape index (κ3) is 2.13. The Bertz CT molecular complexity index is 1260. The maximum Gasteiger partial charge on any atom is 0.336 e. The largest absolute Gasteiger partial charge is 0.489 e. The van der Waals surface area contributed by atoms with E-state index in [0.29, 0.717) is 16.9 Å². The molecule has 1 N–H and O–H groups in total. The van der Waals surface area contributed by atoms with Crippen molar-refractivity contribution >= 4 is 11.0 Å². The van der Waals surface area contributed by atoms with Crippen molar-refractivity contribution in [3.63, 3.8) is 0 Å². The van der Waals surface area contributed by atoms with Gasteiger partial charge in [-0.1, -0.05) is 51.1 Å². The minimum Gasteiger partial charge on any atom is -0.489 e. The fourth-order valence-corrected chi connectivity index (χ4v) is 5.31. The Kier molecular flexibility index (Phi) is 3.40. The van der Waals surface area contributed by atoms with Crippen molar-refractivity contribution in [1.29, 1.82) is 0 Å². The van der Waals surface area contributed by atoms with E-state index < -0.39 is 11.7 Å². The molecule has 0 bridgehead atoms. The van der Waals surface area contributed by atoms with Crippen LogP contribution in [-0.2, 0) is 0 Å². The second-order valence-corrected chi connectivity index (χ2v) is 9.50. The summed E-state index contributed by atoms with van der Waals surface area (Å²) in [6, 6.07) is 11.3. The van der Waals surface area contributed by atoms with Crippen LogP contribution in [0.5, 0.6) is 11.5 Å². The zero-order chi connectivity index (χ0) is 20.9. The van der Waals surface area contributed by atoms with Gasteiger partial charge in [-0.2, -0.15) is 0 Å². The summed E-state index contributed by atoms with van der Waals surface area (Å²) in [6.45, 7) is 8.30. The van der Waals surface area contributed by atoms with Crippen LogP contribution in [0.15, 0.2) is 45.6 Å². The highest BCUT2D eigenvalue weighted by molar-refractivity contribution is 6.03. The van der Waals surface area contributed by atoms with Gasteiger partial charge in [-0.15, -0.1) is 0 Å². The monoisotopic (exact) mass is 404 g/mol. The summed E-state index contributed by atoms with van der Waals surface area (Å²) in [6.07, 6.45) is -0.876. The molecule has 1 aliphatic carbocycles. The predicted molar refractivity (Wildman–Crippen MR) is 113 cm³/mol. The van der Waals surface area contributed by atoms with Crippen LogP contribution in [0.4, 0.5) is 0 Å². The van der Waals surface area contributed by atoms with Gasteiger partial charge in [0, 0.05) is 34.4 Å². The van der Waals surface area contributed by atoms with E-state index in [1.165, 1.54) is 6.07 Å². The molecule has 3 aromatic rings. The number of hydrogen-bond acceptors (Lipinski definition) is 5. The molecule has 0 amide bonds. The molecule has 5 atom stereocenters. The highest BCUT2D eigenvalue weighted by atomic mass is 16.5. The lowest BCUT2D eigenvalue weighted by Crippen LogP contribution is -2.33. The molecule has 5 unspecified atom stereocenters. The van der Waals surface area contributed by atoms with Crippen molar-refractivity contribution in [2.75, 3.05) is 0 Å². The van der Waals surface area contributed by atoms with Crippen LogP contribution in [0, 0.1) is 11.3 Å². The van der Waals surface area contributed by atoms with Crippen LogP contribution in [-0.4, -0.2) is 17.3 Å². The van der Waals surface area contributed by atoms with Crippen LogP contribution in [0.2, 0.25) is 0 Å². The van der Waals surface area contributed by atoms with Gasteiger partial charge >= 0.3 is 5.63 Å². The van der Waals surface area contributed by atoms with E-state index in [4.69, 9.17) is 13.9 Å². The third-order valence-corrected chi connectivity index (χ3v) is 7.37. The first-order chi connectivity index (χ1) is 14.3. The Morgan fingerprint density at radius 3 is 2.47 bits per heavy atom. The number of hydrogen-bond donors (Lipinski definition) is 1. The molecule has 2 aromatic carbocycles. The minimum absolute atomic E-state index is 0.0115. The summed E-state index contributed by atoms with van der Waals surface area (Å²) in [5.41, 5.74) is 3.20. The summed E-state index contributed by atoms with van der Waals surface area (Å²) < 4.78 is 18.5. The molecule has 1 saturated carbocycles. The molecule has 3 heterocycles. The molecule has 3 aliphatic rings. The van der Waals surface area contributed by atoms with Gasteiger partial charge in [-0.3, -0.25) is 0 Å². The first kappa shape index (κ1) is 18.0. The van der Waals surface area contributed by atoms with Crippen LogP contribution in [0.25, 0.3) is 22.1 Å². The highest BCUT2D eigenvalue weighted by Gasteiger charge is 2.67. The zero-order valence-corrected chi connectivity index (χ0v) is 17.4. The molecule has 6 rings (SSSR count). The van der Waals surface area contributed by atoms with Gasteiger partial charge in [0.05, 0.1) is 17.1 Å². The van der Waals surface area contributed by atoms with Gasteiger partial charge in [0.2, 0.25) is 0 Å². The van der Waals surface area contributed by atoms with Gasteiger partial charge in [0.15, 0.2) is 5.58 Å². The maximum absolute atomic E-state index is 12.6. The number of ether oxygens (including phenoxy) is 2. The molecule has 5 heteroatoms. The smallest absolute Gasteiger partial charge is 0.336 e. The van der Waals surface area contributed by atoms with Crippen molar-refractivity contribution in [3.05, 3.63) is 57.9 Å². The summed E-state index contributed by atoms with van der Waals surface area (Å²) in [5.74, 6) is 1.44. The van der Waals surface area contributed by atoms with Gasteiger partial charge in [-0.25, -0.2) is 4.79 Å². The molecular formula is C25H24O5. The highest BCUT2D eigenvalue weighted by Crippen LogP contribution is 2.71. The number of benzene rings is 2. The van der Waals surface area contributed by atoms with Crippen LogP contribution >= 0.6 is 0 Å². The lowest BCUT2D eigenvalue weighted by atomic mass is 9.84. The molecule has 0 saturated heterocycles. The Hall–Kier alpha value is -2.79. The molecule has 0 radical (unpaired) electrons. The summed E-state index contributed by atoms with van der Waals surface area (Å²) in [7, 11) is 0. The van der Waals surface area contributed by atoms with Crippen molar-refractivity contribution < 1.29 is 19.0 Å². The average molecular weight is 404 g/mol. The molecule has 1 fully saturated rings. The number of aliphatic hydroxyl groups is 1. The second-order valence-electron chi connectivity index (χ2n) is 9.50. The lowest BCUT2D eigenvalue weighted by molar-refractivity contribution is 0.0171. The van der Waals surface area contributed by atoms with Crippen molar-refractivity contribution in [3.8, 4) is 22.6 Å². The third-order valence-electron chi connectivity index (χ3n) is 7.37. The van der Waals surface area contributed by atoms with E-state index in [1.807, 2.05) is 44.2 Å². The quantitative estimate of drug-likeness (QED) is 0.591. The van der Waals surface area contributed by atoms with E-state index in [2.05, 4.69) is 13.8 Å². The summed E-state index contributed by atoms with van der Waals surface area (Å²) in [4.78, 5) is 12.6. The van der Waals surface area contributed by atoms with E-state index in [9.17, 15) is 9.90 Å². The van der Waals surface area contributed by atoms with E-state index in [0.717, 1.165) is 27.8 Å². The van der Waals surface area contributed by atoms with Crippen molar-refractivity contribution in [2.45, 2.75) is 51.9 Å². The molecular weight excluding hydrogens is 380 g/mol. The first-order valence-corrected chi connectivity index (χ1v) is 10.5. The van der Waals surface area contributed by atoms with E-state index in [-0.39, 0.29) is 29.5 Å². The van der Waals surface area contributed by atoms with Crippen molar-refractivity contribution in [1.82, 2.24) is 0 Å². The Labute approximate surface area is 174 Å². The predicted octanol–water partition coefficient (Wildman–Crippen LogP) is 4.79. The molecule has 5 nitrogen and oxygen atoms in total. The molecule has 2 aliphatic heterocycles. The van der Waals surface area contributed by atoms with Gasteiger partial charge in [-0.05, 0) is 12.5 Å². The van der Waals surface area contributed by atoms with Crippen LogP contribution in [0.3, 0.4) is 0 Å². The van der Waals surface area contributed by atoms with Gasteiger partial charge in [0.25, 0.3) is 0 Å². The van der Waals surface area contributed by atoms with Gasteiger partial charge in [0.1, 0.15) is 23.7 Å². The fourth-order valence-electron chi connectivity index (χ4n) is 5.31. The number of fused-ring (bicyclic) bond motifs is 8. The molecule has 1 aromatic heterocycles. The number of rotatable bonds is 1. The Balaban J connectivity index is 1.77. The molecule has 154 valence electrons. The fraction of sp³-hybridized carbons (Fsp3) is 0.400.